The average Bonchev–Trinajstić information content (AvgIpc) is 3.74. The van der Waals surface area contributed by atoms with Crippen LogP contribution in [0.2, 0.25) is 0 Å². The van der Waals surface area contributed by atoms with Crippen LogP contribution in [0.3, 0.4) is 0 Å². The van der Waals surface area contributed by atoms with Crippen molar-refractivity contribution >= 4 is 11.2 Å². The lowest BCUT2D eigenvalue weighted by Crippen LogP contribution is -2.41. The van der Waals surface area contributed by atoms with Gasteiger partial charge in [-0.25, -0.2) is 9.78 Å². The minimum atomic E-state index is -0.364. The monoisotopic (exact) mass is 604 g/mol. The van der Waals surface area contributed by atoms with E-state index in [1.54, 1.807) is 11.7 Å². The fourth-order valence-electron chi connectivity index (χ4n) is 5.68. The molecule has 0 unspecified atom stereocenters. The fraction of sp³-hybridized carbons (Fsp3) is 0.294. The van der Waals surface area contributed by atoms with E-state index in [-0.39, 0.29) is 24.4 Å². The van der Waals surface area contributed by atoms with Crippen LogP contribution in [0.5, 0.6) is 0 Å². The molecule has 0 amide bonds. The third-order valence-electron chi connectivity index (χ3n) is 8.05. The van der Waals surface area contributed by atoms with E-state index in [0.29, 0.717) is 42.9 Å². The molecule has 0 atom stereocenters. The van der Waals surface area contributed by atoms with Gasteiger partial charge >= 0.3 is 5.69 Å². The first kappa shape index (κ1) is 29.9. The molecule has 0 saturated carbocycles. The number of aromatic nitrogens is 8. The van der Waals surface area contributed by atoms with Gasteiger partial charge in [0.1, 0.15) is 5.82 Å². The van der Waals surface area contributed by atoms with E-state index < -0.39 is 0 Å². The Bertz CT molecular complexity index is 1990. The number of hydrogen-bond donors (Lipinski definition) is 1. The number of H-pyrrole nitrogens is 1. The van der Waals surface area contributed by atoms with E-state index in [1.165, 1.54) is 4.57 Å². The van der Waals surface area contributed by atoms with Gasteiger partial charge in [-0.1, -0.05) is 92.2 Å². The second-order valence-corrected chi connectivity index (χ2v) is 11.0. The number of benzene rings is 3. The largest absolute Gasteiger partial charge is 0.383 e. The van der Waals surface area contributed by atoms with Gasteiger partial charge in [0.2, 0.25) is 5.82 Å². The van der Waals surface area contributed by atoms with Crippen molar-refractivity contribution in [2.75, 3.05) is 13.7 Å². The molecule has 11 heteroatoms. The Kier molecular flexibility index (Phi) is 9.06. The zero-order valence-electron chi connectivity index (χ0n) is 25.5. The molecular formula is C34H36N8O3. The summed E-state index contributed by atoms with van der Waals surface area (Å²) in [6.07, 6.45) is 3.24. The smallest absolute Gasteiger partial charge is 0.332 e. The highest BCUT2D eigenvalue weighted by molar-refractivity contribution is 5.80. The second kappa shape index (κ2) is 13.6. The maximum atomic E-state index is 14.0. The van der Waals surface area contributed by atoms with Gasteiger partial charge in [-0.05, 0) is 40.3 Å². The van der Waals surface area contributed by atoms with E-state index in [4.69, 9.17) is 9.72 Å². The SMILES string of the molecule is CCCCc1nc2c(c(=O)n(CCOC)c(=O)n2CCc2ccccc2)n1Cc1ccc(-c2ccccc2-c2nn[nH]n2)cc1. The van der Waals surface area contributed by atoms with E-state index in [9.17, 15) is 9.59 Å². The van der Waals surface area contributed by atoms with Crippen molar-refractivity contribution in [3.63, 3.8) is 0 Å². The molecule has 0 saturated heterocycles. The Labute approximate surface area is 260 Å². The van der Waals surface area contributed by atoms with Crippen LogP contribution in [0.25, 0.3) is 33.7 Å². The molecule has 3 aromatic carbocycles. The van der Waals surface area contributed by atoms with Crippen LogP contribution in [-0.4, -0.2) is 53.0 Å². The zero-order chi connectivity index (χ0) is 31.2. The van der Waals surface area contributed by atoms with Crippen LogP contribution in [0.4, 0.5) is 0 Å². The number of fused-ring (bicyclic) bond motifs is 1. The lowest BCUT2D eigenvalue weighted by Gasteiger charge is -2.14. The molecule has 45 heavy (non-hydrogen) atoms. The first-order valence-corrected chi connectivity index (χ1v) is 15.3. The number of methoxy groups -OCH3 is 1. The van der Waals surface area contributed by atoms with E-state index in [0.717, 1.165) is 46.5 Å². The maximum Gasteiger partial charge on any atom is 0.332 e. The van der Waals surface area contributed by atoms with Gasteiger partial charge in [-0.15, -0.1) is 10.2 Å². The Morgan fingerprint density at radius 1 is 0.800 bits per heavy atom. The topological polar surface area (TPSA) is 126 Å². The molecule has 11 nitrogen and oxygen atoms in total. The highest BCUT2D eigenvalue weighted by Gasteiger charge is 2.22. The maximum absolute atomic E-state index is 14.0. The average molecular weight is 605 g/mol. The highest BCUT2D eigenvalue weighted by atomic mass is 16.5. The third kappa shape index (κ3) is 6.25. The molecule has 1 N–H and O–H groups in total. The van der Waals surface area contributed by atoms with Gasteiger partial charge in [0.25, 0.3) is 5.56 Å². The van der Waals surface area contributed by atoms with Crippen molar-refractivity contribution in [1.29, 1.82) is 0 Å². The highest BCUT2D eigenvalue weighted by Crippen LogP contribution is 2.30. The zero-order valence-corrected chi connectivity index (χ0v) is 25.5. The summed E-state index contributed by atoms with van der Waals surface area (Å²) in [5.41, 5.74) is 5.18. The standard InChI is InChI=1S/C34H36N8O3/c1-3-4-14-29-35-32-30(33(43)41(21-22-45-2)34(44)40(32)20-19-24-10-6-5-7-11-24)42(29)23-25-15-17-26(18-16-25)27-12-8-9-13-28(27)31-36-38-39-37-31/h5-13,15-18H,3-4,14,19-23H2,1-2H3,(H,36,37,38,39). The molecule has 230 valence electrons. The summed E-state index contributed by atoms with van der Waals surface area (Å²) >= 11 is 0. The molecule has 0 aliphatic carbocycles. The van der Waals surface area contributed by atoms with Crippen molar-refractivity contribution in [3.8, 4) is 22.5 Å². The summed E-state index contributed by atoms with van der Waals surface area (Å²) in [6, 6.07) is 26.2. The number of hydrogen-bond acceptors (Lipinski definition) is 7. The first-order chi connectivity index (χ1) is 22.1. The lowest BCUT2D eigenvalue weighted by molar-refractivity contribution is 0.184. The molecule has 0 bridgehead atoms. The number of nitrogens with one attached hydrogen (secondary N) is 1. The normalized spacial score (nSPS) is 11.4. The Hall–Kier alpha value is -5.16. The van der Waals surface area contributed by atoms with Crippen LogP contribution in [0.15, 0.2) is 88.5 Å². The van der Waals surface area contributed by atoms with Gasteiger partial charge in [0, 0.05) is 32.2 Å². The summed E-state index contributed by atoms with van der Waals surface area (Å²) in [4.78, 5) is 32.7. The molecule has 0 spiro atoms. The van der Waals surface area contributed by atoms with Gasteiger partial charge in [-0.2, -0.15) is 5.21 Å². The minimum absolute atomic E-state index is 0.166. The van der Waals surface area contributed by atoms with Crippen molar-refractivity contribution in [3.05, 3.63) is 117 Å². The summed E-state index contributed by atoms with van der Waals surface area (Å²) in [5, 5.41) is 14.6. The molecule has 0 radical (unpaired) electrons. The quantitative estimate of drug-likeness (QED) is 0.206. The Morgan fingerprint density at radius 3 is 2.27 bits per heavy atom. The number of rotatable bonds is 13. The lowest BCUT2D eigenvalue weighted by atomic mass is 9.98. The molecule has 6 aromatic rings. The summed E-state index contributed by atoms with van der Waals surface area (Å²) in [7, 11) is 1.56. The van der Waals surface area contributed by atoms with Crippen LogP contribution in [0.1, 0.15) is 36.7 Å². The molecule has 0 aliphatic heterocycles. The number of unbranched alkanes of at least 4 members (excludes halogenated alkanes) is 1. The van der Waals surface area contributed by atoms with Crippen molar-refractivity contribution in [1.82, 2.24) is 39.3 Å². The minimum Gasteiger partial charge on any atom is -0.383 e. The molecule has 3 aromatic heterocycles. The number of tetrazole rings is 1. The molecule has 3 heterocycles. The third-order valence-corrected chi connectivity index (χ3v) is 8.05. The van der Waals surface area contributed by atoms with Crippen molar-refractivity contribution in [2.24, 2.45) is 0 Å². The summed E-state index contributed by atoms with van der Waals surface area (Å²) < 4.78 is 10.2. The number of ether oxygens (including phenoxy) is 1. The van der Waals surface area contributed by atoms with Crippen molar-refractivity contribution in [2.45, 2.75) is 52.2 Å². The number of aromatic amines is 1. The number of aryl methyl sites for hydroxylation is 3. The Balaban J connectivity index is 1.42. The number of nitrogens with zero attached hydrogens (tertiary/aromatic N) is 7. The molecule has 6 rings (SSSR count). The molecular weight excluding hydrogens is 568 g/mol. The fourth-order valence-corrected chi connectivity index (χ4v) is 5.68. The van der Waals surface area contributed by atoms with Gasteiger partial charge < -0.3 is 9.30 Å². The first-order valence-electron chi connectivity index (χ1n) is 15.3. The summed E-state index contributed by atoms with van der Waals surface area (Å²) in [6.45, 7) is 3.40. The second-order valence-electron chi connectivity index (χ2n) is 11.0. The molecule has 0 fully saturated rings. The predicted molar refractivity (Wildman–Crippen MR) is 173 cm³/mol. The Morgan fingerprint density at radius 2 is 1.56 bits per heavy atom. The van der Waals surface area contributed by atoms with Gasteiger partial charge in [0.15, 0.2) is 11.2 Å². The molecule has 0 aliphatic rings. The van der Waals surface area contributed by atoms with E-state index >= 15 is 0 Å². The van der Waals surface area contributed by atoms with E-state index in [2.05, 4.69) is 51.8 Å². The summed E-state index contributed by atoms with van der Waals surface area (Å²) in [5.74, 6) is 1.33. The van der Waals surface area contributed by atoms with E-state index in [1.807, 2.05) is 59.2 Å². The van der Waals surface area contributed by atoms with Gasteiger partial charge in [-0.3, -0.25) is 13.9 Å². The number of imidazole rings is 1. The van der Waals surface area contributed by atoms with Crippen LogP contribution in [0, 0.1) is 0 Å². The van der Waals surface area contributed by atoms with Crippen LogP contribution >= 0.6 is 0 Å². The van der Waals surface area contributed by atoms with Gasteiger partial charge in [0.05, 0.1) is 13.2 Å². The predicted octanol–water partition coefficient (Wildman–Crippen LogP) is 4.49. The van der Waals surface area contributed by atoms with Crippen molar-refractivity contribution < 1.29 is 4.74 Å². The van der Waals surface area contributed by atoms with Crippen LogP contribution in [-0.2, 0) is 37.2 Å². The van der Waals surface area contributed by atoms with Crippen LogP contribution < -0.4 is 11.2 Å².